The first-order valence-corrected chi connectivity index (χ1v) is 18.0. The molecule has 4 nitrogen and oxygen atoms in total. The normalized spacial score (nSPS) is 25.2. The predicted octanol–water partition coefficient (Wildman–Crippen LogP) is 10.7. The third-order valence-electron chi connectivity index (χ3n) is 9.30. The van der Waals surface area contributed by atoms with E-state index in [1.807, 2.05) is 13.0 Å². The van der Waals surface area contributed by atoms with E-state index in [0.29, 0.717) is 24.4 Å². The molecule has 3 aliphatic heterocycles. The van der Waals surface area contributed by atoms with Crippen LogP contribution in [0.15, 0.2) is 23.8 Å². The van der Waals surface area contributed by atoms with Gasteiger partial charge < -0.3 is 14.2 Å². The molecule has 0 bridgehead atoms. The highest BCUT2D eigenvalue weighted by atomic mass is 16.6. The van der Waals surface area contributed by atoms with E-state index in [9.17, 15) is 4.79 Å². The van der Waals surface area contributed by atoms with E-state index >= 15 is 0 Å². The van der Waals surface area contributed by atoms with Crippen LogP contribution in [-0.4, -0.2) is 36.5 Å². The molecule has 0 radical (unpaired) electrons. The van der Waals surface area contributed by atoms with Gasteiger partial charge in [0, 0.05) is 5.57 Å². The van der Waals surface area contributed by atoms with Crippen molar-refractivity contribution in [3.8, 4) is 0 Å². The molecule has 0 spiro atoms. The minimum Gasteiger partial charge on any atom is -0.455 e. The Balaban J connectivity index is 0.999. The summed E-state index contributed by atoms with van der Waals surface area (Å²) < 4.78 is 17.0. The molecule has 2 saturated heterocycles. The number of unbranched alkanes of at least 4 members (excludes halogenated alkanes) is 17. The summed E-state index contributed by atoms with van der Waals surface area (Å²) in [6.07, 6.45) is 41.3. The first-order valence-electron chi connectivity index (χ1n) is 18.0. The zero-order valence-electron chi connectivity index (χ0n) is 26.9. The molecule has 2 fully saturated rings. The lowest BCUT2D eigenvalue weighted by Crippen LogP contribution is -2.03. The maximum Gasteiger partial charge on any atom is 0.334 e. The lowest BCUT2D eigenvalue weighted by molar-refractivity contribution is -0.139. The zero-order valence-corrected chi connectivity index (χ0v) is 26.9. The van der Waals surface area contributed by atoms with Crippen molar-refractivity contribution in [1.29, 1.82) is 0 Å². The Kier molecular flexibility index (Phi) is 18.1. The number of ether oxygens (including phenoxy) is 3. The molecule has 0 aliphatic carbocycles. The standard InChI is InChI=1S/C37H64O4/c1-3-4-5-6-7-8-9-10-11-12-13-17-20-23-26-33-35(40-33)28-29-36-34(41-36)27-24-21-18-15-14-16-19-22-25-32-30-31(2)39-37(32)38/h17,20,30-31,33-36H,3-16,18-19,21-29H2,1-2H3/b20-17-. The molecule has 0 N–H and O–H groups in total. The van der Waals surface area contributed by atoms with Crippen molar-refractivity contribution in [1.82, 2.24) is 0 Å². The number of cyclic esters (lactones) is 1. The molecule has 3 heterocycles. The summed E-state index contributed by atoms with van der Waals surface area (Å²) in [6.45, 7) is 4.22. The number of hydrogen-bond acceptors (Lipinski definition) is 4. The van der Waals surface area contributed by atoms with Crippen LogP contribution >= 0.6 is 0 Å². The van der Waals surface area contributed by atoms with Gasteiger partial charge in [-0.2, -0.15) is 0 Å². The number of carbonyl (C=O) groups excluding carboxylic acids is 1. The molecule has 236 valence electrons. The Bertz CT molecular complexity index is 743. The highest BCUT2D eigenvalue weighted by molar-refractivity contribution is 5.90. The van der Waals surface area contributed by atoms with Gasteiger partial charge in [0.1, 0.15) is 6.10 Å². The molecule has 0 aromatic heterocycles. The van der Waals surface area contributed by atoms with Gasteiger partial charge >= 0.3 is 5.97 Å². The Hall–Kier alpha value is -1.13. The van der Waals surface area contributed by atoms with Crippen molar-refractivity contribution in [3.05, 3.63) is 23.8 Å². The first-order chi connectivity index (χ1) is 20.2. The monoisotopic (exact) mass is 572 g/mol. The van der Waals surface area contributed by atoms with Gasteiger partial charge in [0.2, 0.25) is 0 Å². The fourth-order valence-electron chi connectivity index (χ4n) is 6.49. The van der Waals surface area contributed by atoms with E-state index in [-0.39, 0.29) is 12.1 Å². The van der Waals surface area contributed by atoms with Crippen molar-refractivity contribution < 1.29 is 19.0 Å². The van der Waals surface area contributed by atoms with Gasteiger partial charge in [-0.1, -0.05) is 122 Å². The molecule has 0 aromatic rings. The van der Waals surface area contributed by atoms with Crippen molar-refractivity contribution in [2.45, 2.75) is 205 Å². The van der Waals surface area contributed by atoms with Gasteiger partial charge in [0.15, 0.2) is 0 Å². The van der Waals surface area contributed by atoms with Crippen LogP contribution in [0, 0.1) is 0 Å². The number of esters is 1. The Morgan fingerprint density at radius 3 is 1.66 bits per heavy atom. The van der Waals surface area contributed by atoms with E-state index in [4.69, 9.17) is 14.2 Å². The molecule has 0 aromatic carbocycles. The summed E-state index contributed by atoms with van der Waals surface area (Å²) >= 11 is 0. The molecule has 5 unspecified atom stereocenters. The number of rotatable bonds is 28. The molecular weight excluding hydrogens is 508 g/mol. The van der Waals surface area contributed by atoms with E-state index in [0.717, 1.165) is 18.4 Å². The topological polar surface area (TPSA) is 51.4 Å². The van der Waals surface area contributed by atoms with Crippen LogP contribution in [0.2, 0.25) is 0 Å². The van der Waals surface area contributed by atoms with Gasteiger partial charge in [-0.05, 0) is 70.8 Å². The minimum atomic E-state index is -0.0995. The maximum atomic E-state index is 11.6. The van der Waals surface area contributed by atoms with Crippen LogP contribution in [0.4, 0.5) is 0 Å². The molecule has 4 heteroatoms. The van der Waals surface area contributed by atoms with Crippen LogP contribution < -0.4 is 0 Å². The van der Waals surface area contributed by atoms with Gasteiger partial charge in [-0.25, -0.2) is 4.79 Å². The highest BCUT2D eigenvalue weighted by Crippen LogP contribution is 2.36. The van der Waals surface area contributed by atoms with Crippen LogP contribution in [0.1, 0.15) is 174 Å². The number of carbonyl (C=O) groups is 1. The van der Waals surface area contributed by atoms with Gasteiger partial charge in [-0.15, -0.1) is 0 Å². The van der Waals surface area contributed by atoms with E-state index < -0.39 is 0 Å². The Labute approximate surface area is 253 Å². The first kappa shape index (κ1) is 34.4. The predicted molar refractivity (Wildman–Crippen MR) is 171 cm³/mol. The Morgan fingerprint density at radius 2 is 1.07 bits per heavy atom. The lowest BCUT2D eigenvalue weighted by atomic mass is 10.0. The van der Waals surface area contributed by atoms with Crippen molar-refractivity contribution >= 4 is 5.97 Å². The summed E-state index contributed by atoms with van der Waals surface area (Å²) in [7, 11) is 0. The van der Waals surface area contributed by atoms with Crippen LogP contribution in [0.5, 0.6) is 0 Å². The molecule has 5 atom stereocenters. The number of allylic oxidation sites excluding steroid dienone is 2. The van der Waals surface area contributed by atoms with Crippen LogP contribution in [0.3, 0.4) is 0 Å². The largest absolute Gasteiger partial charge is 0.455 e. The second-order valence-corrected chi connectivity index (χ2v) is 13.2. The fraction of sp³-hybridized carbons (Fsp3) is 0.865. The SMILES string of the molecule is CCCCCCCCCCCC/C=C\CCC1OC1CCC1OC1CCCCCCCCCCC1=CC(C)OC1=O. The molecule has 0 saturated carbocycles. The average Bonchev–Trinajstić information content (AvgIpc) is 3.87. The molecule has 3 rings (SSSR count). The van der Waals surface area contributed by atoms with E-state index in [1.54, 1.807) is 0 Å². The third kappa shape index (κ3) is 16.3. The van der Waals surface area contributed by atoms with Crippen molar-refractivity contribution in [3.63, 3.8) is 0 Å². The van der Waals surface area contributed by atoms with Gasteiger partial charge in [0.05, 0.1) is 24.4 Å². The van der Waals surface area contributed by atoms with E-state index in [2.05, 4.69) is 19.1 Å². The zero-order chi connectivity index (χ0) is 29.0. The second-order valence-electron chi connectivity index (χ2n) is 13.2. The number of epoxide rings is 2. The van der Waals surface area contributed by atoms with Crippen LogP contribution in [-0.2, 0) is 19.0 Å². The number of hydrogen-bond donors (Lipinski definition) is 0. The lowest BCUT2D eigenvalue weighted by Gasteiger charge is -2.02. The summed E-state index contributed by atoms with van der Waals surface area (Å²) in [5.41, 5.74) is 0.889. The van der Waals surface area contributed by atoms with Crippen molar-refractivity contribution in [2.24, 2.45) is 0 Å². The smallest absolute Gasteiger partial charge is 0.334 e. The third-order valence-corrected chi connectivity index (χ3v) is 9.30. The average molecular weight is 573 g/mol. The van der Waals surface area contributed by atoms with Crippen LogP contribution in [0.25, 0.3) is 0 Å². The molecule has 3 aliphatic rings. The molecule has 41 heavy (non-hydrogen) atoms. The summed E-state index contributed by atoms with van der Waals surface area (Å²) in [5, 5.41) is 0. The molecule has 0 amide bonds. The highest BCUT2D eigenvalue weighted by Gasteiger charge is 2.42. The summed E-state index contributed by atoms with van der Waals surface area (Å²) in [4.78, 5) is 11.6. The van der Waals surface area contributed by atoms with Gasteiger partial charge in [-0.3, -0.25) is 0 Å². The second kappa shape index (κ2) is 21.5. The Morgan fingerprint density at radius 1 is 0.585 bits per heavy atom. The quantitative estimate of drug-likeness (QED) is 0.0405. The minimum absolute atomic E-state index is 0.0280. The summed E-state index contributed by atoms with van der Waals surface area (Å²) in [5.74, 6) is -0.0995. The summed E-state index contributed by atoms with van der Waals surface area (Å²) in [6, 6.07) is 0. The van der Waals surface area contributed by atoms with Gasteiger partial charge in [0.25, 0.3) is 0 Å². The fourth-order valence-corrected chi connectivity index (χ4v) is 6.49. The van der Waals surface area contributed by atoms with Crippen molar-refractivity contribution in [2.75, 3.05) is 0 Å². The van der Waals surface area contributed by atoms with E-state index in [1.165, 1.54) is 148 Å². The maximum absolute atomic E-state index is 11.6. The molecular formula is C37H64O4.